The van der Waals surface area contributed by atoms with E-state index < -0.39 is 0 Å². The zero-order valence-corrected chi connectivity index (χ0v) is 17.1. The molecule has 0 unspecified atom stereocenters. The Hall–Kier alpha value is -2.95. The minimum Gasteiger partial charge on any atom is -0.308 e. The van der Waals surface area contributed by atoms with Crippen molar-refractivity contribution in [1.29, 1.82) is 0 Å². The molecule has 0 N–H and O–H groups in total. The summed E-state index contributed by atoms with van der Waals surface area (Å²) in [4.78, 5) is 32.8. The Kier molecular flexibility index (Phi) is 5.47. The summed E-state index contributed by atoms with van der Waals surface area (Å²) in [5, 5.41) is 0.588. The van der Waals surface area contributed by atoms with Crippen molar-refractivity contribution in [1.82, 2.24) is 9.55 Å². The summed E-state index contributed by atoms with van der Waals surface area (Å²) < 4.78 is 1.83. The van der Waals surface area contributed by atoms with E-state index >= 15 is 0 Å². The molecule has 0 aliphatic carbocycles. The monoisotopic (exact) mass is 389 g/mol. The highest BCUT2D eigenvalue weighted by atomic mass is 16.2. The van der Waals surface area contributed by atoms with Crippen LogP contribution < -0.4 is 10.5 Å². The average Bonchev–Trinajstić information content (AvgIpc) is 2.71. The van der Waals surface area contributed by atoms with Gasteiger partial charge in [-0.05, 0) is 56.5 Å². The maximum Gasteiger partial charge on any atom is 0.261 e. The van der Waals surface area contributed by atoms with Gasteiger partial charge in [0, 0.05) is 30.8 Å². The fourth-order valence-electron chi connectivity index (χ4n) is 4.17. The third-order valence-electron chi connectivity index (χ3n) is 5.78. The Labute approximate surface area is 171 Å². The van der Waals surface area contributed by atoms with Crippen LogP contribution in [0.25, 0.3) is 10.9 Å². The van der Waals surface area contributed by atoms with Crippen molar-refractivity contribution in [2.24, 2.45) is 0 Å². The molecular formula is C24H27N3O2. The van der Waals surface area contributed by atoms with Crippen molar-refractivity contribution in [3.8, 4) is 0 Å². The molecule has 1 aliphatic rings. The number of amides is 1. The lowest BCUT2D eigenvalue weighted by molar-refractivity contribution is 0.0988. The summed E-state index contributed by atoms with van der Waals surface area (Å²) in [5.74, 6) is 0.774. The van der Waals surface area contributed by atoms with Gasteiger partial charge in [0.25, 0.3) is 11.5 Å². The smallest absolute Gasteiger partial charge is 0.261 e. The van der Waals surface area contributed by atoms with E-state index in [2.05, 4.69) is 0 Å². The summed E-state index contributed by atoms with van der Waals surface area (Å²) in [6, 6.07) is 13.2. The second-order valence-corrected chi connectivity index (χ2v) is 7.72. The maximum absolute atomic E-state index is 13.3. The van der Waals surface area contributed by atoms with E-state index in [0.29, 0.717) is 23.0 Å². The van der Waals surface area contributed by atoms with E-state index in [9.17, 15) is 9.59 Å². The second kappa shape index (κ2) is 8.19. The molecule has 2 aromatic carbocycles. The molecule has 5 heteroatoms. The number of carbonyl (C=O) groups is 1. The molecule has 4 rings (SSSR count). The number of rotatable bonds is 3. The van der Waals surface area contributed by atoms with Gasteiger partial charge in [-0.25, -0.2) is 4.98 Å². The first-order valence-corrected chi connectivity index (χ1v) is 10.5. The van der Waals surface area contributed by atoms with Crippen LogP contribution in [0.4, 0.5) is 5.69 Å². The van der Waals surface area contributed by atoms with E-state index in [-0.39, 0.29) is 11.5 Å². The highest BCUT2D eigenvalue weighted by molar-refractivity contribution is 6.08. The van der Waals surface area contributed by atoms with E-state index in [1.165, 1.54) is 6.42 Å². The van der Waals surface area contributed by atoms with Gasteiger partial charge in [0.1, 0.15) is 5.82 Å². The third kappa shape index (κ3) is 3.69. The zero-order valence-electron chi connectivity index (χ0n) is 17.1. The number of aromatic nitrogens is 2. The molecule has 1 amide bonds. The molecule has 0 saturated heterocycles. The molecule has 0 fully saturated rings. The lowest BCUT2D eigenvalue weighted by Crippen LogP contribution is -2.31. The summed E-state index contributed by atoms with van der Waals surface area (Å²) in [7, 11) is 0. The number of aryl methyl sites for hydroxylation is 2. The molecule has 0 bridgehead atoms. The Morgan fingerprint density at radius 3 is 2.69 bits per heavy atom. The summed E-state index contributed by atoms with van der Waals surface area (Å²) >= 11 is 0. The highest BCUT2D eigenvalue weighted by Crippen LogP contribution is 2.23. The highest BCUT2D eigenvalue weighted by Gasteiger charge is 2.19. The number of para-hydroxylation sites is 1. The maximum atomic E-state index is 13.3. The van der Waals surface area contributed by atoms with Gasteiger partial charge in [0.15, 0.2) is 0 Å². The van der Waals surface area contributed by atoms with Gasteiger partial charge < -0.3 is 4.90 Å². The molecule has 1 aliphatic heterocycles. The fourth-order valence-corrected chi connectivity index (χ4v) is 4.17. The SMILES string of the molecule is CCN(C(=O)c1ccc2c(=O)n3c(nc2c1)CCCCCC3)c1ccccc1C. The largest absolute Gasteiger partial charge is 0.308 e. The molecule has 1 aromatic heterocycles. The standard InChI is InChI=1S/C24H27N3O2/c1-3-26(21-11-8-7-10-17(21)2)23(28)18-13-14-19-20(16-18)25-22-12-6-4-5-9-15-27(22)24(19)29/h7-8,10-11,13-14,16H,3-6,9,12,15H2,1-2H3. The first-order valence-electron chi connectivity index (χ1n) is 10.5. The van der Waals surface area contributed by atoms with E-state index in [0.717, 1.165) is 49.3 Å². The van der Waals surface area contributed by atoms with Crippen LogP contribution in [0.3, 0.4) is 0 Å². The summed E-state index contributed by atoms with van der Waals surface area (Å²) in [6.45, 7) is 5.28. The summed E-state index contributed by atoms with van der Waals surface area (Å²) in [6.07, 6.45) is 5.21. The third-order valence-corrected chi connectivity index (χ3v) is 5.78. The molecule has 3 aromatic rings. The molecule has 0 atom stereocenters. The van der Waals surface area contributed by atoms with Crippen LogP contribution >= 0.6 is 0 Å². The quantitative estimate of drug-likeness (QED) is 0.663. The van der Waals surface area contributed by atoms with Crippen LogP contribution in [0.15, 0.2) is 47.3 Å². The van der Waals surface area contributed by atoms with Crippen LogP contribution in [-0.2, 0) is 13.0 Å². The first kappa shape index (κ1) is 19.4. The Morgan fingerprint density at radius 2 is 1.90 bits per heavy atom. The van der Waals surface area contributed by atoms with Gasteiger partial charge in [-0.3, -0.25) is 14.2 Å². The Morgan fingerprint density at radius 1 is 1.10 bits per heavy atom. The topological polar surface area (TPSA) is 55.2 Å². The number of anilines is 1. The van der Waals surface area contributed by atoms with Crippen molar-refractivity contribution in [3.63, 3.8) is 0 Å². The molecule has 5 nitrogen and oxygen atoms in total. The zero-order chi connectivity index (χ0) is 20.4. The molecule has 29 heavy (non-hydrogen) atoms. The number of fused-ring (bicyclic) bond motifs is 2. The van der Waals surface area contributed by atoms with Crippen molar-refractivity contribution in [2.75, 3.05) is 11.4 Å². The van der Waals surface area contributed by atoms with E-state index in [1.807, 2.05) is 42.7 Å². The number of hydrogen-bond acceptors (Lipinski definition) is 3. The number of hydrogen-bond donors (Lipinski definition) is 0. The van der Waals surface area contributed by atoms with Crippen molar-refractivity contribution < 1.29 is 4.79 Å². The van der Waals surface area contributed by atoms with Gasteiger partial charge in [-0.15, -0.1) is 0 Å². The van der Waals surface area contributed by atoms with Crippen molar-refractivity contribution >= 4 is 22.5 Å². The molecule has 150 valence electrons. The van der Waals surface area contributed by atoms with Crippen molar-refractivity contribution in [3.05, 3.63) is 69.8 Å². The molecular weight excluding hydrogens is 362 g/mol. The Bertz CT molecular complexity index is 1120. The van der Waals surface area contributed by atoms with Gasteiger partial charge in [0.2, 0.25) is 0 Å². The minimum atomic E-state index is -0.0719. The van der Waals surface area contributed by atoms with E-state index in [1.54, 1.807) is 23.1 Å². The average molecular weight is 389 g/mol. The molecule has 0 spiro atoms. The fraction of sp³-hybridized carbons (Fsp3) is 0.375. The van der Waals surface area contributed by atoms with Crippen LogP contribution in [0.2, 0.25) is 0 Å². The number of benzene rings is 2. The van der Waals surface area contributed by atoms with Gasteiger partial charge in [0.05, 0.1) is 10.9 Å². The van der Waals surface area contributed by atoms with Gasteiger partial charge in [-0.1, -0.05) is 31.0 Å². The van der Waals surface area contributed by atoms with Crippen LogP contribution in [0, 0.1) is 6.92 Å². The molecule has 0 saturated carbocycles. The van der Waals surface area contributed by atoms with Gasteiger partial charge >= 0.3 is 0 Å². The number of carbonyl (C=O) groups excluding carboxylic acids is 1. The van der Waals surface area contributed by atoms with Crippen molar-refractivity contribution in [2.45, 2.75) is 52.5 Å². The predicted molar refractivity (Wildman–Crippen MR) is 117 cm³/mol. The Balaban J connectivity index is 1.77. The van der Waals surface area contributed by atoms with Crippen LogP contribution in [0.1, 0.15) is 54.4 Å². The lowest BCUT2D eigenvalue weighted by atomic mass is 10.1. The van der Waals surface area contributed by atoms with Crippen LogP contribution in [0.5, 0.6) is 0 Å². The lowest BCUT2D eigenvalue weighted by Gasteiger charge is -2.23. The molecule has 0 radical (unpaired) electrons. The second-order valence-electron chi connectivity index (χ2n) is 7.72. The van der Waals surface area contributed by atoms with E-state index in [4.69, 9.17) is 4.98 Å². The normalized spacial score (nSPS) is 14.1. The number of nitrogens with zero attached hydrogens (tertiary/aromatic N) is 3. The minimum absolute atomic E-state index is 0.0113. The van der Waals surface area contributed by atoms with Gasteiger partial charge in [-0.2, -0.15) is 0 Å². The molecule has 2 heterocycles. The summed E-state index contributed by atoms with van der Waals surface area (Å²) in [5.41, 5.74) is 3.16. The van der Waals surface area contributed by atoms with Crippen LogP contribution in [-0.4, -0.2) is 22.0 Å². The first-order chi connectivity index (χ1) is 14.1. The predicted octanol–water partition coefficient (Wildman–Crippen LogP) is 4.49.